The molecule has 4 nitrogen and oxygen atoms in total. The molecule has 0 heterocycles. The van der Waals surface area contributed by atoms with E-state index in [1.165, 1.54) is 0 Å². The van der Waals surface area contributed by atoms with Crippen LogP contribution >= 0.6 is 0 Å². The molecule has 0 aromatic rings. The predicted octanol–water partition coefficient (Wildman–Crippen LogP) is 1.77. The molecule has 1 amide bonds. The van der Waals surface area contributed by atoms with E-state index in [4.69, 9.17) is 0 Å². The van der Waals surface area contributed by atoms with Crippen LogP contribution in [0.3, 0.4) is 0 Å². The van der Waals surface area contributed by atoms with Crippen LogP contribution < -0.4 is 5.32 Å². The number of likely N-dealkylation sites (N-methyl/N-ethyl adjacent to an activating group) is 1. The average Bonchev–Trinajstić information content (AvgIpc) is 2.32. The molecule has 112 valence electrons. The zero-order valence-corrected chi connectivity index (χ0v) is 13.1. The van der Waals surface area contributed by atoms with Gasteiger partial charge in [-0.3, -0.25) is 4.79 Å². The van der Waals surface area contributed by atoms with Crippen LogP contribution in [0.2, 0.25) is 0 Å². The Bertz CT molecular complexity index is 303. The van der Waals surface area contributed by atoms with Gasteiger partial charge in [0.2, 0.25) is 5.91 Å². The summed E-state index contributed by atoms with van der Waals surface area (Å²) in [5.74, 6) is 0.0785. The summed E-state index contributed by atoms with van der Waals surface area (Å²) in [6.07, 6.45) is 3.73. The molecule has 0 aliphatic heterocycles. The van der Waals surface area contributed by atoms with Gasteiger partial charge in [0, 0.05) is 19.6 Å². The van der Waals surface area contributed by atoms with Gasteiger partial charge in [0.15, 0.2) is 0 Å². The Morgan fingerprint density at radius 1 is 1.26 bits per heavy atom. The zero-order valence-electron chi connectivity index (χ0n) is 13.1. The van der Waals surface area contributed by atoms with Gasteiger partial charge in [-0.2, -0.15) is 0 Å². The molecule has 0 atom stereocenters. The van der Waals surface area contributed by atoms with Crippen LogP contribution in [0.1, 0.15) is 53.4 Å². The molecule has 0 aromatic carbocycles. The summed E-state index contributed by atoms with van der Waals surface area (Å²) in [4.78, 5) is 13.5. The molecule has 2 N–H and O–H groups in total. The summed E-state index contributed by atoms with van der Waals surface area (Å²) in [6.45, 7) is 9.31. The van der Waals surface area contributed by atoms with Gasteiger partial charge >= 0.3 is 0 Å². The van der Waals surface area contributed by atoms with Crippen molar-refractivity contribution >= 4 is 5.91 Å². The molecule has 0 spiro atoms. The number of nitrogens with zero attached hydrogens (tertiary/aromatic N) is 1. The number of rotatable bonds is 5. The number of hydrogen-bond acceptors (Lipinski definition) is 3. The van der Waals surface area contributed by atoms with Crippen LogP contribution in [0.25, 0.3) is 0 Å². The lowest BCUT2D eigenvalue weighted by molar-refractivity contribution is -0.130. The van der Waals surface area contributed by atoms with Crippen LogP contribution in [0.4, 0.5) is 0 Å². The van der Waals surface area contributed by atoms with E-state index in [0.29, 0.717) is 18.5 Å². The minimum absolute atomic E-state index is 0.0785. The van der Waals surface area contributed by atoms with Crippen LogP contribution in [0, 0.1) is 5.41 Å². The quantitative estimate of drug-likeness (QED) is 0.800. The van der Waals surface area contributed by atoms with Crippen LogP contribution in [-0.4, -0.2) is 47.7 Å². The molecule has 0 unspecified atom stereocenters. The Morgan fingerprint density at radius 3 is 2.26 bits per heavy atom. The van der Waals surface area contributed by atoms with Gasteiger partial charge in [0.1, 0.15) is 0 Å². The summed E-state index contributed by atoms with van der Waals surface area (Å²) in [6, 6.07) is 0.216. The summed E-state index contributed by atoms with van der Waals surface area (Å²) in [7, 11) is 1.81. The zero-order chi connectivity index (χ0) is 14.7. The maximum absolute atomic E-state index is 11.8. The summed E-state index contributed by atoms with van der Waals surface area (Å²) in [5.41, 5.74) is -0.286. The second-order valence-corrected chi connectivity index (χ2v) is 7.09. The molecule has 0 radical (unpaired) electrons. The number of carbonyl (C=O) groups excluding carboxylic acids is 1. The van der Waals surface area contributed by atoms with E-state index in [2.05, 4.69) is 19.2 Å². The Hall–Kier alpha value is -0.610. The highest BCUT2D eigenvalue weighted by Crippen LogP contribution is 2.39. The summed E-state index contributed by atoms with van der Waals surface area (Å²) >= 11 is 0. The van der Waals surface area contributed by atoms with Crippen molar-refractivity contribution in [3.63, 3.8) is 0 Å². The molecular formula is C15H30N2O2. The van der Waals surface area contributed by atoms with E-state index < -0.39 is 5.60 Å². The van der Waals surface area contributed by atoms with E-state index in [9.17, 15) is 9.90 Å². The molecule has 1 aliphatic rings. The molecule has 19 heavy (non-hydrogen) atoms. The van der Waals surface area contributed by atoms with E-state index in [1.54, 1.807) is 4.90 Å². The SMILES string of the molecule is CC(C)N(C)C(=O)CNCC1(O)CCC(C)(C)CC1. The highest BCUT2D eigenvalue weighted by atomic mass is 16.3. The number of amides is 1. The second-order valence-electron chi connectivity index (χ2n) is 7.09. The smallest absolute Gasteiger partial charge is 0.236 e. The van der Waals surface area contributed by atoms with Crippen LogP contribution in [0.5, 0.6) is 0 Å². The molecule has 0 aromatic heterocycles. The fraction of sp³-hybridized carbons (Fsp3) is 0.933. The van der Waals surface area contributed by atoms with Gasteiger partial charge in [-0.25, -0.2) is 0 Å². The topological polar surface area (TPSA) is 52.6 Å². The number of carbonyl (C=O) groups is 1. The van der Waals surface area contributed by atoms with Crippen molar-refractivity contribution in [2.24, 2.45) is 5.41 Å². The lowest BCUT2D eigenvalue weighted by Crippen LogP contribution is -2.48. The molecule has 1 fully saturated rings. The van der Waals surface area contributed by atoms with E-state index in [0.717, 1.165) is 25.7 Å². The van der Waals surface area contributed by atoms with Gasteiger partial charge in [-0.1, -0.05) is 13.8 Å². The van der Waals surface area contributed by atoms with E-state index in [-0.39, 0.29) is 11.9 Å². The standard InChI is InChI=1S/C15H30N2O2/c1-12(2)17(5)13(18)10-16-11-15(19)8-6-14(3,4)7-9-15/h12,16,19H,6-11H2,1-5H3. The van der Waals surface area contributed by atoms with Crippen LogP contribution in [-0.2, 0) is 4.79 Å². The molecular weight excluding hydrogens is 240 g/mol. The first-order chi connectivity index (χ1) is 8.65. The maximum Gasteiger partial charge on any atom is 0.236 e. The van der Waals surface area contributed by atoms with E-state index in [1.807, 2.05) is 20.9 Å². The summed E-state index contributed by atoms with van der Waals surface area (Å²) in [5, 5.41) is 13.6. The minimum atomic E-state index is -0.633. The van der Waals surface area contributed by atoms with Crippen molar-refractivity contribution in [3.05, 3.63) is 0 Å². The fourth-order valence-corrected chi connectivity index (χ4v) is 2.38. The second kappa shape index (κ2) is 6.23. The van der Waals surface area contributed by atoms with E-state index >= 15 is 0 Å². The lowest BCUT2D eigenvalue weighted by Gasteiger charge is -2.40. The Balaban J connectivity index is 2.31. The normalized spacial score (nSPS) is 21.4. The number of nitrogens with one attached hydrogen (secondary N) is 1. The average molecular weight is 270 g/mol. The molecule has 1 rings (SSSR count). The van der Waals surface area contributed by atoms with Crippen molar-refractivity contribution < 1.29 is 9.90 Å². The monoisotopic (exact) mass is 270 g/mol. The van der Waals surface area contributed by atoms with Crippen molar-refractivity contribution in [1.82, 2.24) is 10.2 Å². The molecule has 0 bridgehead atoms. The lowest BCUT2D eigenvalue weighted by atomic mass is 9.71. The molecule has 1 saturated carbocycles. The molecule has 4 heteroatoms. The number of hydrogen-bond donors (Lipinski definition) is 2. The van der Waals surface area contributed by atoms with Gasteiger partial charge in [-0.15, -0.1) is 0 Å². The maximum atomic E-state index is 11.8. The van der Waals surface area contributed by atoms with Crippen molar-refractivity contribution in [3.8, 4) is 0 Å². The third-order valence-electron chi connectivity index (χ3n) is 4.43. The predicted molar refractivity (Wildman–Crippen MR) is 78.0 cm³/mol. The van der Waals surface area contributed by atoms with Gasteiger partial charge in [0.25, 0.3) is 0 Å². The van der Waals surface area contributed by atoms with Gasteiger partial charge in [0.05, 0.1) is 12.1 Å². The third-order valence-corrected chi connectivity index (χ3v) is 4.43. The Labute approximate surface area is 117 Å². The van der Waals surface area contributed by atoms with Crippen molar-refractivity contribution in [2.45, 2.75) is 65.0 Å². The number of aliphatic hydroxyl groups is 1. The highest BCUT2D eigenvalue weighted by molar-refractivity contribution is 5.78. The highest BCUT2D eigenvalue weighted by Gasteiger charge is 2.36. The fourth-order valence-electron chi connectivity index (χ4n) is 2.38. The third kappa shape index (κ3) is 5.11. The first-order valence-electron chi connectivity index (χ1n) is 7.34. The summed E-state index contributed by atoms with van der Waals surface area (Å²) < 4.78 is 0. The largest absolute Gasteiger partial charge is 0.389 e. The van der Waals surface area contributed by atoms with Crippen LogP contribution in [0.15, 0.2) is 0 Å². The Morgan fingerprint density at radius 2 is 1.79 bits per heavy atom. The van der Waals surface area contributed by atoms with Gasteiger partial charge in [-0.05, 0) is 44.9 Å². The first-order valence-corrected chi connectivity index (χ1v) is 7.34. The Kier molecular flexibility index (Phi) is 5.39. The first kappa shape index (κ1) is 16.4. The molecule has 0 saturated heterocycles. The van der Waals surface area contributed by atoms with Gasteiger partial charge < -0.3 is 15.3 Å². The van der Waals surface area contributed by atoms with Crippen molar-refractivity contribution in [1.29, 1.82) is 0 Å². The molecule has 1 aliphatic carbocycles. The van der Waals surface area contributed by atoms with Crippen molar-refractivity contribution in [2.75, 3.05) is 20.1 Å². The minimum Gasteiger partial charge on any atom is -0.389 e.